The summed E-state index contributed by atoms with van der Waals surface area (Å²) in [4.78, 5) is 30.9. The second-order valence-corrected chi connectivity index (χ2v) is 6.68. The summed E-state index contributed by atoms with van der Waals surface area (Å²) in [5.74, 6) is 0.846. The molecule has 0 radical (unpaired) electrons. The maximum absolute atomic E-state index is 11.7. The molecule has 120 valence electrons. The monoisotopic (exact) mass is 350 g/mol. The Labute approximate surface area is 140 Å². The fraction of sp³-hybridized carbons (Fsp3) is 0.333. The van der Waals surface area contributed by atoms with Crippen LogP contribution in [-0.4, -0.2) is 47.3 Å². The second kappa shape index (κ2) is 7.10. The highest BCUT2D eigenvalue weighted by atomic mass is 32.2. The quantitative estimate of drug-likeness (QED) is 0.588. The fourth-order valence-electron chi connectivity index (χ4n) is 2.08. The third-order valence-electron chi connectivity index (χ3n) is 3.07. The summed E-state index contributed by atoms with van der Waals surface area (Å²) >= 11 is 2.99. The zero-order valence-electron chi connectivity index (χ0n) is 12.4. The van der Waals surface area contributed by atoms with Crippen LogP contribution in [0.4, 0.5) is 0 Å². The van der Waals surface area contributed by atoms with E-state index in [0.29, 0.717) is 18.6 Å². The zero-order chi connectivity index (χ0) is 16.2. The van der Waals surface area contributed by atoms with E-state index in [1.165, 1.54) is 23.1 Å². The highest BCUT2D eigenvalue weighted by molar-refractivity contribution is 8.15. The van der Waals surface area contributed by atoms with Gasteiger partial charge in [0, 0.05) is 5.75 Å². The summed E-state index contributed by atoms with van der Waals surface area (Å²) < 4.78 is 11.3. The standard InChI is InChI=1S/C15H14N2O4S2/c1-2-20-9-3-4-10-12(7-9)23-14(16-10)13-17-11(8-22-13)15(19)21-6-5-18/h3-5,7,11H,2,6,8H2,1H3/t11-/m1/s1. The van der Waals surface area contributed by atoms with Gasteiger partial charge in [-0.15, -0.1) is 23.1 Å². The van der Waals surface area contributed by atoms with Crippen molar-refractivity contribution in [2.24, 2.45) is 4.99 Å². The lowest BCUT2D eigenvalue weighted by atomic mass is 10.3. The molecular weight excluding hydrogens is 336 g/mol. The lowest BCUT2D eigenvalue weighted by Crippen LogP contribution is -2.22. The lowest BCUT2D eigenvalue weighted by Gasteiger charge is -2.03. The van der Waals surface area contributed by atoms with Crippen molar-refractivity contribution in [2.75, 3.05) is 19.0 Å². The van der Waals surface area contributed by atoms with E-state index in [0.717, 1.165) is 26.0 Å². The van der Waals surface area contributed by atoms with Gasteiger partial charge in [0.05, 0.1) is 16.8 Å². The molecule has 0 N–H and O–H groups in total. The van der Waals surface area contributed by atoms with Gasteiger partial charge in [0.15, 0.2) is 12.3 Å². The normalized spacial score (nSPS) is 17.1. The summed E-state index contributed by atoms with van der Waals surface area (Å²) in [7, 11) is 0. The van der Waals surface area contributed by atoms with Crippen LogP contribution in [0.15, 0.2) is 23.2 Å². The molecule has 8 heteroatoms. The number of benzene rings is 1. The number of ether oxygens (including phenoxy) is 2. The van der Waals surface area contributed by atoms with Gasteiger partial charge in [-0.25, -0.2) is 9.78 Å². The molecule has 0 saturated heterocycles. The minimum absolute atomic E-state index is 0.230. The maximum atomic E-state index is 11.7. The number of thiazole rings is 1. The number of hydrogen-bond acceptors (Lipinski definition) is 8. The Morgan fingerprint density at radius 1 is 1.48 bits per heavy atom. The molecule has 1 aromatic heterocycles. The molecule has 0 fully saturated rings. The molecule has 1 aliphatic heterocycles. The van der Waals surface area contributed by atoms with E-state index in [4.69, 9.17) is 9.47 Å². The number of carbonyl (C=O) groups excluding carboxylic acids is 2. The summed E-state index contributed by atoms with van der Waals surface area (Å²) in [6, 6.07) is 5.19. The molecule has 0 aliphatic carbocycles. The first-order valence-corrected chi connectivity index (χ1v) is 8.86. The molecule has 1 aliphatic rings. The van der Waals surface area contributed by atoms with Gasteiger partial charge in [-0.1, -0.05) is 0 Å². The van der Waals surface area contributed by atoms with Crippen LogP contribution in [0.3, 0.4) is 0 Å². The van der Waals surface area contributed by atoms with Gasteiger partial charge in [0.25, 0.3) is 0 Å². The van der Waals surface area contributed by atoms with Crippen LogP contribution in [0.25, 0.3) is 10.2 Å². The van der Waals surface area contributed by atoms with Gasteiger partial charge >= 0.3 is 5.97 Å². The van der Waals surface area contributed by atoms with Crippen LogP contribution in [-0.2, 0) is 14.3 Å². The van der Waals surface area contributed by atoms with Crippen molar-refractivity contribution >= 4 is 50.6 Å². The molecule has 2 heterocycles. The number of thioether (sulfide) groups is 1. The molecule has 6 nitrogen and oxygen atoms in total. The summed E-state index contributed by atoms with van der Waals surface area (Å²) in [5, 5.41) is 1.52. The average Bonchev–Trinajstić information content (AvgIpc) is 3.18. The molecule has 3 rings (SSSR count). The van der Waals surface area contributed by atoms with Gasteiger partial charge in [0.1, 0.15) is 22.4 Å². The SMILES string of the molecule is CCOc1ccc2nc(C3=N[C@@H](C(=O)OCC=O)CS3)sc2c1. The second-order valence-electron chi connectivity index (χ2n) is 4.64. The molecule has 0 bridgehead atoms. The smallest absolute Gasteiger partial charge is 0.332 e. The van der Waals surface area contributed by atoms with E-state index < -0.39 is 12.0 Å². The van der Waals surface area contributed by atoms with Crippen molar-refractivity contribution in [1.29, 1.82) is 0 Å². The number of esters is 1. The molecular formula is C15H14N2O4S2. The molecule has 0 unspecified atom stereocenters. The van der Waals surface area contributed by atoms with E-state index >= 15 is 0 Å². The summed E-state index contributed by atoms with van der Waals surface area (Å²) in [6.45, 7) is 2.33. The van der Waals surface area contributed by atoms with Gasteiger partial charge in [-0.2, -0.15) is 0 Å². The van der Waals surface area contributed by atoms with Gasteiger partial charge in [-0.3, -0.25) is 9.79 Å². The van der Waals surface area contributed by atoms with E-state index in [1.807, 2.05) is 25.1 Å². The molecule has 23 heavy (non-hydrogen) atoms. The van der Waals surface area contributed by atoms with Crippen LogP contribution < -0.4 is 4.74 Å². The number of carbonyl (C=O) groups is 2. The minimum Gasteiger partial charge on any atom is -0.494 e. The van der Waals surface area contributed by atoms with Crippen LogP contribution in [0.5, 0.6) is 5.75 Å². The van der Waals surface area contributed by atoms with Gasteiger partial charge in [-0.05, 0) is 25.1 Å². The van der Waals surface area contributed by atoms with Crippen molar-refractivity contribution in [2.45, 2.75) is 13.0 Å². The van der Waals surface area contributed by atoms with Gasteiger partial charge < -0.3 is 9.47 Å². The molecule has 2 aromatic rings. The average molecular weight is 350 g/mol. The third-order valence-corrected chi connectivity index (χ3v) is 5.28. The number of aldehydes is 1. The maximum Gasteiger partial charge on any atom is 0.332 e. The minimum atomic E-state index is -0.569. The molecule has 1 aromatic carbocycles. The summed E-state index contributed by atoms with van der Waals surface area (Å²) in [6.07, 6.45) is 0.550. The van der Waals surface area contributed by atoms with Gasteiger partial charge in [0.2, 0.25) is 0 Å². The van der Waals surface area contributed by atoms with E-state index in [2.05, 4.69) is 9.98 Å². The molecule has 0 spiro atoms. The van der Waals surface area contributed by atoms with Crippen molar-refractivity contribution in [3.63, 3.8) is 0 Å². The topological polar surface area (TPSA) is 77.8 Å². The molecule has 0 saturated carbocycles. The fourth-order valence-corrected chi connectivity index (χ4v) is 4.16. The first kappa shape index (κ1) is 15.9. The van der Waals surface area contributed by atoms with Crippen molar-refractivity contribution in [3.8, 4) is 5.75 Å². The van der Waals surface area contributed by atoms with Crippen molar-refractivity contribution < 1.29 is 19.1 Å². The largest absolute Gasteiger partial charge is 0.494 e. The predicted molar refractivity (Wildman–Crippen MR) is 90.6 cm³/mol. The summed E-state index contributed by atoms with van der Waals surface area (Å²) in [5.41, 5.74) is 0.878. The number of nitrogens with zero attached hydrogens (tertiary/aromatic N) is 2. The number of fused-ring (bicyclic) bond motifs is 1. The Morgan fingerprint density at radius 2 is 2.35 bits per heavy atom. The van der Waals surface area contributed by atoms with Crippen molar-refractivity contribution in [1.82, 2.24) is 4.98 Å². The molecule has 1 atom stereocenters. The number of aromatic nitrogens is 1. The zero-order valence-corrected chi connectivity index (χ0v) is 14.0. The third kappa shape index (κ3) is 3.53. The number of hydrogen-bond donors (Lipinski definition) is 0. The van der Waals surface area contributed by atoms with E-state index in [-0.39, 0.29) is 6.61 Å². The Hall–Kier alpha value is -1.93. The highest BCUT2D eigenvalue weighted by Gasteiger charge is 2.28. The van der Waals surface area contributed by atoms with Crippen LogP contribution in [0.1, 0.15) is 11.9 Å². The van der Waals surface area contributed by atoms with Crippen molar-refractivity contribution in [3.05, 3.63) is 23.2 Å². The number of rotatable bonds is 6. The Morgan fingerprint density at radius 3 is 3.13 bits per heavy atom. The highest BCUT2D eigenvalue weighted by Crippen LogP contribution is 2.31. The Kier molecular flexibility index (Phi) is 4.92. The molecule has 0 amide bonds. The first-order chi connectivity index (χ1) is 11.2. The number of aliphatic imine (C=N–C) groups is 1. The van der Waals surface area contributed by atoms with Crippen LogP contribution in [0.2, 0.25) is 0 Å². The Balaban J connectivity index is 1.80. The van der Waals surface area contributed by atoms with E-state index in [9.17, 15) is 9.59 Å². The lowest BCUT2D eigenvalue weighted by molar-refractivity contribution is -0.146. The Bertz CT molecular complexity index is 772. The predicted octanol–water partition coefficient (Wildman–Crippen LogP) is 2.30. The van der Waals surface area contributed by atoms with Crippen LogP contribution in [0, 0.1) is 0 Å². The first-order valence-electron chi connectivity index (χ1n) is 7.06. The van der Waals surface area contributed by atoms with E-state index in [1.54, 1.807) is 0 Å². The van der Waals surface area contributed by atoms with Crippen LogP contribution >= 0.6 is 23.1 Å².